The van der Waals surface area contributed by atoms with E-state index in [0.29, 0.717) is 37.3 Å². The number of benzene rings is 3. The first-order valence-corrected chi connectivity index (χ1v) is 15.3. The van der Waals surface area contributed by atoms with Gasteiger partial charge in [-0.3, -0.25) is 9.59 Å². The molecule has 3 rings (SSSR count). The Kier molecular flexibility index (Phi) is 12.3. The third-order valence-corrected chi connectivity index (χ3v) is 7.09. The van der Waals surface area contributed by atoms with Crippen molar-refractivity contribution >= 4 is 17.8 Å². The van der Waals surface area contributed by atoms with E-state index in [9.17, 15) is 14.4 Å². The van der Waals surface area contributed by atoms with E-state index in [0.717, 1.165) is 16.7 Å². The van der Waals surface area contributed by atoms with Crippen LogP contribution < -0.4 is 10.1 Å². The molecule has 45 heavy (non-hydrogen) atoms. The van der Waals surface area contributed by atoms with Gasteiger partial charge < -0.3 is 24.3 Å². The highest BCUT2D eigenvalue weighted by Crippen LogP contribution is 2.27. The molecule has 0 fully saturated rings. The molecule has 0 saturated carbocycles. The first-order chi connectivity index (χ1) is 21.1. The highest BCUT2D eigenvalue weighted by atomic mass is 16.6. The lowest BCUT2D eigenvalue weighted by Crippen LogP contribution is -2.37. The van der Waals surface area contributed by atoms with Gasteiger partial charge in [0.05, 0.1) is 16.6 Å². The van der Waals surface area contributed by atoms with Crippen molar-refractivity contribution in [3.63, 3.8) is 0 Å². The maximum absolute atomic E-state index is 12.6. The average molecular weight is 618 g/mol. The van der Waals surface area contributed by atoms with Gasteiger partial charge >= 0.3 is 11.9 Å². The number of carbonyl (C=O) groups excluding carboxylic acids is 3. The first kappa shape index (κ1) is 35.3. The summed E-state index contributed by atoms with van der Waals surface area (Å²) >= 11 is 0. The molecule has 0 heterocycles. The van der Waals surface area contributed by atoms with Crippen LogP contribution in [0.3, 0.4) is 0 Å². The SMILES string of the molecule is CC(C)(C)OC(=O)C(C)(C)CCOC(C)(C)CCNC(=O)COc1ccc(-c2cccc(C(=O)OCc3ccccc3)c2)cc1. The Labute approximate surface area is 267 Å². The van der Waals surface area contributed by atoms with Gasteiger partial charge in [0.25, 0.3) is 5.91 Å². The lowest BCUT2D eigenvalue weighted by molar-refractivity contribution is -0.167. The van der Waals surface area contributed by atoms with Crippen LogP contribution in [0.5, 0.6) is 5.75 Å². The Balaban J connectivity index is 1.39. The van der Waals surface area contributed by atoms with Gasteiger partial charge in [0.15, 0.2) is 6.61 Å². The molecule has 242 valence electrons. The van der Waals surface area contributed by atoms with Crippen LogP contribution in [-0.4, -0.2) is 48.8 Å². The number of hydrogen-bond donors (Lipinski definition) is 1. The third kappa shape index (κ3) is 12.4. The molecule has 0 bridgehead atoms. The van der Waals surface area contributed by atoms with Crippen LogP contribution >= 0.6 is 0 Å². The molecule has 0 aliphatic heterocycles. The molecule has 8 nitrogen and oxygen atoms in total. The summed E-state index contributed by atoms with van der Waals surface area (Å²) < 4.78 is 22.7. The lowest BCUT2D eigenvalue weighted by Gasteiger charge is -2.30. The maximum Gasteiger partial charge on any atom is 0.338 e. The minimum Gasteiger partial charge on any atom is -0.484 e. The van der Waals surface area contributed by atoms with E-state index >= 15 is 0 Å². The largest absolute Gasteiger partial charge is 0.484 e. The number of rotatable bonds is 15. The van der Waals surface area contributed by atoms with E-state index in [-0.39, 0.29) is 31.1 Å². The minimum atomic E-state index is -0.659. The van der Waals surface area contributed by atoms with Gasteiger partial charge in [-0.2, -0.15) is 0 Å². The van der Waals surface area contributed by atoms with Crippen molar-refractivity contribution in [3.05, 3.63) is 90.0 Å². The van der Waals surface area contributed by atoms with Gasteiger partial charge in [0.1, 0.15) is 18.0 Å². The Hall–Kier alpha value is -4.17. The fourth-order valence-electron chi connectivity index (χ4n) is 4.25. The number of esters is 2. The molecule has 1 amide bonds. The van der Waals surface area contributed by atoms with Crippen LogP contribution in [0.25, 0.3) is 11.1 Å². The molecule has 0 saturated heterocycles. The summed E-state index contributed by atoms with van der Waals surface area (Å²) in [5.41, 5.74) is 1.50. The highest BCUT2D eigenvalue weighted by molar-refractivity contribution is 5.91. The quantitative estimate of drug-likeness (QED) is 0.181. The Morgan fingerprint density at radius 2 is 1.44 bits per heavy atom. The summed E-state index contributed by atoms with van der Waals surface area (Å²) in [4.78, 5) is 37.4. The molecule has 0 aromatic heterocycles. The fourth-order valence-corrected chi connectivity index (χ4v) is 4.25. The Morgan fingerprint density at radius 1 is 0.756 bits per heavy atom. The van der Waals surface area contributed by atoms with Gasteiger partial charge in [0, 0.05) is 13.2 Å². The van der Waals surface area contributed by atoms with Crippen LogP contribution in [-0.2, 0) is 30.4 Å². The summed E-state index contributed by atoms with van der Waals surface area (Å²) in [5.74, 6) is -0.306. The fraction of sp³-hybridized carbons (Fsp3) is 0.432. The van der Waals surface area contributed by atoms with Crippen molar-refractivity contribution in [2.75, 3.05) is 19.8 Å². The molecular formula is C37H47NO7. The zero-order valence-corrected chi connectivity index (χ0v) is 27.6. The molecule has 3 aromatic carbocycles. The number of ether oxygens (including phenoxy) is 4. The van der Waals surface area contributed by atoms with Gasteiger partial charge in [-0.25, -0.2) is 4.79 Å². The number of carbonyl (C=O) groups is 3. The number of hydrogen-bond acceptors (Lipinski definition) is 7. The first-order valence-electron chi connectivity index (χ1n) is 15.3. The van der Waals surface area contributed by atoms with Crippen molar-refractivity contribution in [2.45, 2.75) is 79.1 Å². The van der Waals surface area contributed by atoms with Gasteiger partial charge in [0.2, 0.25) is 0 Å². The van der Waals surface area contributed by atoms with E-state index in [1.165, 1.54) is 0 Å². The summed E-state index contributed by atoms with van der Waals surface area (Å²) in [6.07, 6.45) is 1.12. The molecule has 8 heteroatoms. The summed E-state index contributed by atoms with van der Waals surface area (Å²) in [7, 11) is 0. The standard InChI is InChI=1S/C37H47NO7/c1-35(2,3)45-34(41)36(4,5)21-23-44-37(6,7)20-22-38-32(39)26-42-31-18-16-28(17-19-31)29-14-11-15-30(24-29)33(40)43-25-27-12-9-8-10-13-27/h8-19,24H,20-23,25-26H2,1-7H3,(H,38,39). The zero-order chi connectivity index (χ0) is 33.1. The van der Waals surface area contributed by atoms with Gasteiger partial charge in [-0.1, -0.05) is 54.6 Å². The van der Waals surface area contributed by atoms with Crippen molar-refractivity contribution in [3.8, 4) is 16.9 Å². The molecule has 0 spiro atoms. The second kappa shape index (κ2) is 15.7. The third-order valence-electron chi connectivity index (χ3n) is 7.09. The summed E-state index contributed by atoms with van der Waals surface area (Å²) in [6.45, 7) is 14.1. The molecule has 0 atom stereocenters. The topological polar surface area (TPSA) is 100 Å². The Bertz CT molecular complexity index is 1410. The van der Waals surface area contributed by atoms with Crippen LogP contribution in [0.1, 0.15) is 77.2 Å². The predicted octanol–water partition coefficient (Wildman–Crippen LogP) is 7.15. The van der Waals surface area contributed by atoms with E-state index in [1.807, 2.05) is 103 Å². The number of amides is 1. The molecule has 1 N–H and O–H groups in total. The lowest BCUT2D eigenvalue weighted by atomic mass is 9.89. The van der Waals surface area contributed by atoms with Crippen LogP contribution in [0.2, 0.25) is 0 Å². The second-order valence-corrected chi connectivity index (χ2v) is 13.3. The van der Waals surface area contributed by atoms with Crippen LogP contribution in [0.4, 0.5) is 0 Å². The highest BCUT2D eigenvalue weighted by Gasteiger charge is 2.33. The molecule has 0 aliphatic carbocycles. The molecule has 0 unspecified atom stereocenters. The van der Waals surface area contributed by atoms with E-state index in [4.69, 9.17) is 18.9 Å². The number of nitrogens with one attached hydrogen (secondary N) is 1. The molecular weight excluding hydrogens is 570 g/mol. The summed E-state index contributed by atoms with van der Waals surface area (Å²) in [5, 5.41) is 2.87. The molecule has 0 aliphatic rings. The normalized spacial score (nSPS) is 11.9. The van der Waals surface area contributed by atoms with Crippen LogP contribution in [0, 0.1) is 5.41 Å². The van der Waals surface area contributed by atoms with Crippen molar-refractivity contribution in [2.24, 2.45) is 5.41 Å². The van der Waals surface area contributed by atoms with Crippen molar-refractivity contribution in [1.29, 1.82) is 0 Å². The van der Waals surface area contributed by atoms with E-state index in [1.54, 1.807) is 24.3 Å². The van der Waals surface area contributed by atoms with E-state index < -0.39 is 16.6 Å². The second-order valence-electron chi connectivity index (χ2n) is 13.3. The Morgan fingerprint density at radius 3 is 2.11 bits per heavy atom. The van der Waals surface area contributed by atoms with E-state index in [2.05, 4.69) is 5.32 Å². The average Bonchev–Trinajstić information content (AvgIpc) is 2.98. The smallest absolute Gasteiger partial charge is 0.338 e. The van der Waals surface area contributed by atoms with Gasteiger partial charge in [-0.05, 0) is 102 Å². The summed E-state index contributed by atoms with van der Waals surface area (Å²) in [6, 6.07) is 24.2. The monoisotopic (exact) mass is 617 g/mol. The predicted molar refractivity (Wildman–Crippen MR) is 175 cm³/mol. The van der Waals surface area contributed by atoms with Gasteiger partial charge in [-0.15, -0.1) is 0 Å². The molecule has 3 aromatic rings. The molecule has 0 radical (unpaired) electrons. The van der Waals surface area contributed by atoms with Crippen LogP contribution in [0.15, 0.2) is 78.9 Å². The maximum atomic E-state index is 12.6. The van der Waals surface area contributed by atoms with Crippen molar-refractivity contribution < 1.29 is 33.3 Å². The zero-order valence-electron chi connectivity index (χ0n) is 27.6. The minimum absolute atomic E-state index is 0.118. The van der Waals surface area contributed by atoms with Crippen molar-refractivity contribution in [1.82, 2.24) is 5.32 Å².